The molecule has 2 fully saturated rings. The fourth-order valence-electron chi connectivity index (χ4n) is 9.15. The van der Waals surface area contributed by atoms with Crippen LogP contribution in [0.15, 0.2) is 42.5 Å². The Morgan fingerprint density at radius 1 is 0.608 bits per heavy atom. The van der Waals surface area contributed by atoms with Gasteiger partial charge >= 0.3 is 5.97 Å². The first kappa shape index (κ1) is 53.6. The molecule has 4 aromatic heterocycles. The lowest BCUT2D eigenvalue weighted by Crippen LogP contribution is -2.47. The van der Waals surface area contributed by atoms with Gasteiger partial charge in [0, 0.05) is 113 Å². The fraction of sp³-hybridized carbons (Fsp3) is 0.472. The van der Waals surface area contributed by atoms with E-state index in [1.165, 1.54) is 5.69 Å². The van der Waals surface area contributed by atoms with Crippen molar-refractivity contribution in [2.24, 2.45) is 0 Å². The molecule has 9 rings (SSSR count). The van der Waals surface area contributed by atoms with Gasteiger partial charge < -0.3 is 45.4 Å². The van der Waals surface area contributed by atoms with Crippen LogP contribution in [0.3, 0.4) is 0 Å². The Kier molecular flexibility index (Phi) is 18.1. The number of benzene rings is 3. The van der Waals surface area contributed by atoms with Crippen molar-refractivity contribution in [2.75, 3.05) is 113 Å². The maximum atomic E-state index is 13.7. The number of aromatic nitrogens is 6. The van der Waals surface area contributed by atoms with E-state index >= 15 is 0 Å². The van der Waals surface area contributed by atoms with Gasteiger partial charge in [0.2, 0.25) is 17.4 Å². The number of aryl methyl sites for hydroxylation is 2. The summed E-state index contributed by atoms with van der Waals surface area (Å²) < 4.78 is 69.4. The third-order valence-electron chi connectivity index (χ3n) is 13.4. The maximum absolute atomic E-state index is 13.7. The van der Waals surface area contributed by atoms with Gasteiger partial charge in [-0.3, -0.25) is 19.4 Å². The van der Waals surface area contributed by atoms with E-state index in [4.69, 9.17) is 30.9 Å². The van der Waals surface area contributed by atoms with Crippen LogP contribution in [0, 0.1) is 23.3 Å². The number of carbonyl (C=O) groups is 2. The number of nitrogens with zero attached hydrogens (tertiary/aromatic N) is 8. The minimum Gasteiger partial charge on any atom is -0.420 e. The number of pyridine rings is 2. The number of nitrogen functional groups attached to an aromatic ring is 2. The number of rotatable bonds is 21. The summed E-state index contributed by atoms with van der Waals surface area (Å²) in [6.07, 6.45) is 6.29. The predicted molar refractivity (Wildman–Crippen MR) is 280 cm³/mol. The summed E-state index contributed by atoms with van der Waals surface area (Å²) in [7, 11) is 0. The fourth-order valence-corrected chi connectivity index (χ4v) is 9.15. The molecular formula is C53H66F4N12O5. The van der Waals surface area contributed by atoms with Crippen LogP contribution >= 0.6 is 0 Å². The predicted octanol–water partition coefficient (Wildman–Crippen LogP) is 7.88. The highest BCUT2D eigenvalue weighted by atomic mass is 19.2. The molecule has 7 aromatic rings. The Morgan fingerprint density at radius 2 is 1.05 bits per heavy atom. The van der Waals surface area contributed by atoms with Crippen molar-refractivity contribution in [3.05, 3.63) is 77.4 Å². The van der Waals surface area contributed by atoms with Crippen molar-refractivity contribution in [3.8, 4) is 5.75 Å². The molecule has 2 aliphatic heterocycles. The minimum absolute atomic E-state index is 0.0442. The van der Waals surface area contributed by atoms with Gasteiger partial charge in [0.25, 0.3) is 0 Å². The second-order valence-electron chi connectivity index (χ2n) is 18.8. The molecule has 74 heavy (non-hydrogen) atoms. The highest BCUT2D eigenvalue weighted by molar-refractivity contribution is 6.08. The van der Waals surface area contributed by atoms with Crippen molar-refractivity contribution >= 4 is 78.6 Å². The number of carbonyl (C=O) groups excluding carboxylic acids is 2. The zero-order chi connectivity index (χ0) is 52.3. The summed E-state index contributed by atoms with van der Waals surface area (Å²) >= 11 is 0. The van der Waals surface area contributed by atoms with Gasteiger partial charge in [-0.15, -0.1) is 0 Å². The lowest BCUT2D eigenvalue weighted by atomic mass is 10.1. The molecule has 6 N–H and O–H groups in total. The van der Waals surface area contributed by atoms with Crippen molar-refractivity contribution in [1.29, 1.82) is 0 Å². The molecule has 17 nitrogen and oxygen atoms in total. The summed E-state index contributed by atoms with van der Waals surface area (Å²) in [5.41, 5.74) is 19.7. The first-order valence-electron chi connectivity index (χ1n) is 25.6. The van der Waals surface area contributed by atoms with Crippen LogP contribution in [0.1, 0.15) is 70.9 Å². The molecule has 0 aliphatic carbocycles. The van der Waals surface area contributed by atoms with E-state index in [1.807, 2.05) is 12.1 Å². The summed E-state index contributed by atoms with van der Waals surface area (Å²) in [6, 6.07) is 12.6. The number of nitrogens with one attached hydrogen (secondary N) is 2. The molecule has 3 aromatic carbocycles. The summed E-state index contributed by atoms with van der Waals surface area (Å²) in [5, 5.41) is 2.00. The number of ketones is 1. The van der Waals surface area contributed by atoms with E-state index in [9.17, 15) is 27.2 Å². The van der Waals surface area contributed by atoms with Crippen molar-refractivity contribution in [3.63, 3.8) is 0 Å². The van der Waals surface area contributed by atoms with Gasteiger partial charge in [-0.2, -0.15) is 8.78 Å². The normalized spacial score (nSPS) is 14.6. The highest BCUT2D eigenvalue weighted by Crippen LogP contribution is 2.33. The average Bonchev–Trinajstić information content (AvgIpc) is 4.06. The second kappa shape index (κ2) is 25.0. The van der Waals surface area contributed by atoms with Crippen LogP contribution in [0.4, 0.5) is 40.6 Å². The Morgan fingerprint density at radius 3 is 1.49 bits per heavy atom. The van der Waals surface area contributed by atoms with E-state index in [1.54, 1.807) is 6.92 Å². The van der Waals surface area contributed by atoms with E-state index in [2.05, 4.69) is 82.4 Å². The van der Waals surface area contributed by atoms with Gasteiger partial charge in [0.15, 0.2) is 11.6 Å². The number of nitrogens with two attached hydrogens (primary N) is 2. The standard InChI is InChI=1S/C29H32F4N6O3.C24H34N6O2/c1-2-3-4-22-36-26-18-15-17(5-6-21(18)35-29(34)27(26)37-22)39-10-8-38(9-11-39)12-14-41-13-7-23(40)42-28-24(32)19(30)16-20(31)25(28)33;1-3-4-5-21-27-22-19-16-18(6-7-20(19)26-24(25)23(22)28-21)30-11-9-29(10-12-30)13-15-32-14-8-17(2)31/h5-6,15-16H,2-4,7-14H2,1H3,(H2,34,35)(H,36,37);6-7,16H,3-5,8-15H2,1-2H3,(H2,25,26)(H,27,28). The van der Waals surface area contributed by atoms with Gasteiger partial charge in [-0.1, -0.05) is 26.7 Å². The number of aromatic amines is 2. The summed E-state index contributed by atoms with van der Waals surface area (Å²) in [6.45, 7) is 16.0. The number of halogens is 4. The van der Waals surface area contributed by atoms with Gasteiger partial charge in [-0.05, 0) is 56.2 Å². The van der Waals surface area contributed by atoms with Crippen molar-refractivity contribution < 1.29 is 41.4 Å². The summed E-state index contributed by atoms with van der Waals surface area (Å²) in [4.78, 5) is 57.8. The number of hydrogen-bond acceptors (Lipinski definition) is 15. The molecule has 21 heteroatoms. The molecule has 0 saturated carbocycles. The Balaban J connectivity index is 0.000000204. The number of hydrogen-bond donors (Lipinski definition) is 4. The molecule has 396 valence electrons. The third kappa shape index (κ3) is 13.2. The Hall–Kier alpha value is -6.68. The number of Topliss-reactive ketones (excluding diaryl/α,β-unsaturated/α-hetero) is 1. The van der Waals surface area contributed by atoms with Crippen LogP contribution in [-0.2, 0) is 31.9 Å². The second-order valence-corrected chi connectivity index (χ2v) is 18.8. The van der Waals surface area contributed by atoms with Crippen molar-refractivity contribution in [1.82, 2.24) is 39.7 Å². The number of anilines is 4. The summed E-state index contributed by atoms with van der Waals surface area (Å²) in [5.74, 6) is -6.27. The van der Waals surface area contributed by atoms with E-state index in [0.717, 1.165) is 159 Å². The van der Waals surface area contributed by atoms with Crippen molar-refractivity contribution in [2.45, 2.75) is 72.1 Å². The average molecular weight is 1030 g/mol. The number of imidazole rings is 2. The largest absolute Gasteiger partial charge is 0.420 e. The smallest absolute Gasteiger partial charge is 0.313 e. The third-order valence-corrected chi connectivity index (χ3v) is 13.4. The Bertz CT molecular complexity index is 3040. The molecule has 0 amide bonds. The number of fused-ring (bicyclic) bond motifs is 6. The maximum Gasteiger partial charge on any atom is 0.313 e. The molecule has 2 saturated heterocycles. The molecular weight excluding hydrogens is 961 g/mol. The quantitative estimate of drug-likeness (QED) is 0.0177. The Labute approximate surface area is 426 Å². The van der Waals surface area contributed by atoms with Crippen LogP contribution < -0.4 is 26.0 Å². The molecule has 6 heterocycles. The number of piperazine rings is 2. The highest BCUT2D eigenvalue weighted by Gasteiger charge is 2.24. The van der Waals surface area contributed by atoms with Gasteiger partial charge in [-0.25, -0.2) is 28.7 Å². The topological polar surface area (TPSA) is 210 Å². The first-order valence-corrected chi connectivity index (χ1v) is 25.6. The molecule has 0 spiro atoms. The molecule has 0 radical (unpaired) electrons. The lowest BCUT2D eigenvalue weighted by Gasteiger charge is -2.36. The zero-order valence-electron chi connectivity index (χ0n) is 42.4. The molecule has 0 unspecified atom stereocenters. The van der Waals surface area contributed by atoms with Crippen LogP contribution in [-0.4, -0.2) is 143 Å². The van der Waals surface area contributed by atoms with Crippen LogP contribution in [0.5, 0.6) is 5.75 Å². The first-order chi connectivity index (χ1) is 35.8. The van der Waals surface area contributed by atoms with Gasteiger partial charge in [0.05, 0.1) is 43.9 Å². The number of H-pyrrole nitrogens is 2. The lowest BCUT2D eigenvalue weighted by molar-refractivity contribution is -0.136. The van der Waals surface area contributed by atoms with E-state index < -0.39 is 35.0 Å². The van der Waals surface area contributed by atoms with E-state index in [0.29, 0.717) is 44.4 Å². The SMILES string of the molecule is CCCCc1nc2c([nH]1)c(N)nc1ccc(N3CCN(CCOCCC(=O)Oc4c(F)c(F)cc(F)c4F)CC3)cc12.CCCCc1nc2c([nH]1)c(N)nc1ccc(N3CCN(CCOCCC(C)=O)CC3)cc12. The van der Waals surface area contributed by atoms with Gasteiger partial charge in [0.1, 0.15) is 51.1 Å². The molecule has 0 atom stereocenters. The number of ether oxygens (including phenoxy) is 3. The minimum atomic E-state index is -1.77. The molecule has 0 bridgehead atoms. The van der Waals surface area contributed by atoms with Crippen LogP contribution in [0.25, 0.3) is 43.9 Å². The number of unbranched alkanes of at least 4 members (excludes halogenated alkanes) is 2. The molecule has 2 aliphatic rings. The van der Waals surface area contributed by atoms with E-state index in [-0.39, 0.29) is 24.9 Å². The monoisotopic (exact) mass is 1030 g/mol. The zero-order valence-corrected chi connectivity index (χ0v) is 42.4. The number of esters is 1. The van der Waals surface area contributed by atoms with Crippen LogP contribution in [0.2, 0.25) is 0 Å².